The summed E-state index contributed by atoms with van der Waals surface area (Å²) in [4.78, 5) is 11.5. The third kappa shape index (κ3) is 7.52. The van der Waals surface area contributed by atoms with Gasteiger partial charge >= 0.3 is 0 Å². The minimum atomic E-state index is -0.0107. The molecule has 118 valence electrons. The van der Waals surface area contributed by atoms with Gasteiger partial charge in [-0.05, 0) is 31.5 Å². The normalized spacial score (nSPS) is 10.6. The van der Waals surface area contributed by atoms with E-state index in [2.05, 4.69) is 6.92 Å². The first-order chi connectivity index (χ1) is 10.1. The third-order valence-electron chi connectivity index (χ3n) is 3.58. The summed E-state index contributed by atoms with van der Waals surface area (Å²) in [6.07, 6.45) is 10.2. The van der Waals surface area contributed by atoms with E-state index in [-0.39, 0.29) is 5.78 Å². The van der Waals surface area contributed by atoms with Gasteiger partial charge in [-0.15, -0.1) is 0 Å². The van der Waals surface area contributed by atoms with Gasteiger partial charge in [-0.25, -0.2) is 0 Å². The molecule has 0 aliphatic carbocycles. The molecule has 0 fully saturated rings. The first-order valence-electron chi connectivity index (χ1n) is 8.08. The summed E-state index contributed by atoms with van der Waals surface area (Å²) in [7, 11) is 0. The predicted molar refractivity (Wildman–Crippen MR) is 89.6 cm³/mol. The monoisotopic (exact) mass is 310 g/mol. The Morgan fingerprint density at radius 3 is 2.29 bits per heavy atom. The van der Waals surface area contributed by atoms with E-state index in [0.717, 1.165) is 6.42 Å². The Labute approximate surface area is 133 Å². The lowest BCUT2D eigenvalue weighted by Gasteiger charge is -2.10. The molecule has 0 saturated carbocycles. The Morgan fingerprint density at radius 1 is 1.05 bits per heavy atom. The van der Waals surface area contributed by atoms with E-state index in [1.807, 2.05) is 0 Å². The molecule has 0 unspecified atom stereocenters. The van der Waals surface area contributed by atoms with Gasteiger partial charge < -0.3 is 4.74 Å². The average molecular weight is 311 g/mol. The van der Waals surface area contributed by atoms with Gasteiger partial charge in [-0.3, -0.25) is 4.79 Å². The molecule has 0 atom stereocenters. The maximum absolute atomic E-state index is 11.5. The number of unbranched alkanes of at least 4 members (excludes halogenated alkanes) is 7. The Hall–Kier alpha value is -1.02. The minimum absolute atomic E-state index is 0.0107. The minimum Gasteiger partial charge on any atom is -0.493 e. The van der Waals surface area contributed by atoms with Crippen LogP contribution in [0.15, 0.2) is 18.2 Å². The van der Waals surface area contributed by atoms with Gasteiger partial charge in [0.2, 0.25) is 0 Å². The molecule has 0 amide bonds. The van der Waals surface area contributed by atoms with Crippen LogP contribution in [-0.2, 0) is 0 Å². The third-order valence-corrected chi connectivity index (χ3v) is 3.81. The molecular weight excluding hydrogens is 284 g/mol. The fraction of sp³-hybridized carbons (Fsp3) is 0.611. The zero-order valence-corrected chi connectivity index (χ0v) is 14.0. The largest absolute Gasteiger partial charge is 0.493 e. The van der Waals surface area contributed by atoms with Crippen LogP contribution in [0.2, 0.25) is 5.02 Å². The number of ketones is 1. The lowest BCUT2D eigenvalue weighted by molar-refractivity contribution is 0.101. The number of ether oxygens (including phenoxy) is 1. The highest BCUT2D eigenvalue weighted by molar-refractivity contribution is 6.31. The maximum Gasteiger partial charge on any atom is 0.163 e. The molecule has 2 nitrogen and oxygen atoms in total. The number of halogens is 1. The fourth-order valence-corrected chi connectivity index (χ4v) is 2.49. The SMILES string of the molecule is CCCCCCCCCCOc1ccc(Cl)cc1C(C)=O. The van der Waals surface area contributed by atoms with Gasteiger partial charge in [-0.2, -0.15) is 0 Å². The van der Waals surface area contributed by atoms with Crippen LogP contribution in [0.1, 0.15) is 75.6 Å². The standard InChI is InChI=1S/C18H27ClO2/c1-3-4-5-6-7-8-9-10-13-21-18-12-11-16(19)14-17(18)15(2)20/h11-12,14H,3-10,13H2,1-2H3. The Morgan fingerprint density at radius 2 is 1.67 bits per heavy atom. The highest BCUT2D eigenvalue weighted by atomic mass is 35.5. The van der Waals surface area contributed by atoms with Crippen LogP contribution in [0.4, 0.5) is 0 Å². The van der Waals surface area contributed by atoms with E-state index in [1.165, 1.54) is 51.9 Å². The van der Waals surface area contributed by atoms with Crippen LogP contribution >= 0.6 is 11.6 Å². The molecule has 0 radical (unpaired) electrons. The fourth-order valence-electron chi connectivity index (χ4n) is 2.32. The van der Waals surface area contributed by atoms with Crippen molar-refractivity contribution >= 4 is 17.4 Å². The number of rotatable bonds is 11. The Bertz CT molecular complexity index is 429. The van der Waals surface area contributed by atoms with Gasteiger partial charge in [0.25, 0.3) is 0 Å². The first-order valence-corrected chi connectivity index (χ1v) is 8.46. The van der Waals surface area contributed by atoms with Crippen molar-refractivity contribution in [3.8, 4) is 5.75 Å². The maximum atomic E-state index is 11.5. The highest BCUT2D eigenvalue weighted by Crippen LogP contribution is 2.23. The molecule has 21 heavy (non-hydrogen) atoms. The van der Waals surface area contributed by atoms with E-state index in [1.54, 1.807) is 18.2 Å². The molecule has 1 aromatic rings. The van der Waals surface area contributed by atoms with Crippen molar-refractivity contribution in [3.05, 3.63) is 28.8 Å². The molecule has 0 aliphatic rings. The average Bonchev–Trinajstić information content (AvgIpc) is 2.46. The van der Waals surface area contributed by atoms with E-state index in [9.17, 15) is 4.79 Å². The molecule has 1 rings (SSSR count). The Kier molecular flexibility index (Phi) is 9.16. The molecule has 0 aliphatic heterocycles. The van der Waals surface area contributed by atoms with Crippen molar-refractivity contribution < 1.29 is 9.53 Å². The van der Waals surface area contributed by atoms with Crippen LogP contribution in [0.25, 0.3) is 0 Å². The van der Waals surface area contributed by atoms with Gasteiger partial charge in [0.1, 0.15) is 5.75 Å². The first kappa shape index (κ1) is 18.0. The highest BCUT2D eigenvalue weighted by Gasteiger charge is 2.09. The van der Waals surface area contributed by atoms with Crippen LogP contribution in [0.5, 0.6) is 5.75 Å². The molecule has 0 N–H and O–H groups in total. The van der Waals surface area contributed by atoms with E-state index >= 15 is 0 Å². The van der Waals surface area contributed by atoms with Gasteiger partial charge in [0.15, 0.2) is 5.78 Å². The quantitative estimate of drug-likeness (QED) is 0.366. The Balaban J connectivity index is 2.20. The smallest absolute Gasteiger partial charge is 0.163 e. The summed E-state index contributed by atoms with van der Waals surface area (Å²) in [6.45, 7) is 4.44. The summed E-state index contributed by atoms with van der Waals surface area (Å²) in [5, 5.41) is 0.569. The van der Waals surface area contributed by atoms with Crippen LogP contribution in [-0.4, -0.2) is 12.4 Å². The zero-order valence-electron chi connectivity index (χ0n) is 13.3. The lowest BCUT2D eigenvalue weighted by Crippen LogP contribution is -2.03. The van der Waals surface area contributed by atoms with Crippen molar-refractivity contribution in [1.29, 1.82) is 0 Å². The predicted octanol–water partition coefficient (Wildman–Crippen LogP) is 6.06. The molecule has 3 heteroatoms. The molecule has 0 spiro atoms. The molecule has 1 aromatic carbocycles. The summed E-state index contributed by atoms with van der Waals surface area (Å²) >= 11 is 5.91. The van der Waals surface area contributed by atoms with Gasteiger partial charge in [0.05, 0.1) is 12.2 Å². The van der Waals surface area contributed by atoms with Crippen molar-refractivity contribution in [2.24, 2.45) is 0 Å². The van der Waals surface area contributed by atoms with Crippen molar-refractivity contribution in [2.75, 3.05) is 6.61 Å². The molecular formula is C18H27ClO2. The van der Waals surface area contributed by atoms with E-state index in [0.29, 0.717) is 22.9 Å². The van der Waals surface area contributed by atoms with Gasteiger partial charge in [-0.1, -0.05) is 63.5 Å². The number of benzene rings is 1. The van der Waals surface area contributed by atoms with E-state index in [4.69, 9.17) is 16.3 Å². The number of Topliss-reactive ketones (excluding diaryl/α,β-unsaturated/α-hetero) is 1. The van der Waals surface area contributed by atoms with Crippen molar-refractivity contribution in [3.63, 3.8) is 0 Å². The summed E-state index contributed by atoms with van der Waals surface area (Å²) in [6, 6.07) is 5.22. The topological polar surface area (TPSA) is 26.3 Å². The zero-order chi connectivity index (χ0) is 15.5. The summed E-state index contributed by atoms with van der Waals surface area (Å²) in [5.74, 6) is 0.637. The van der Waals surface area contributed by atoms with Gasteiger partial charge in [0, 0.05) is 5.02 Å². The second kappa shape index (κ2) is 10.7. The van der Waals surface area contributed by atoms with E-state index < -0.39 is 0 Å². The molecule has 0 saturated heterocycles. The molecule has 0 bridgehead atoms. The van der Waals surface area contributed by atoms with Crippen LogP contribution in [0.3, 0.4) is 0 Å². The number of hydrogen-bond donors (Lipinski definition) is 0. The lowest BCUT2D eigenvalue weighted by atomic mass is 10.1. The van der Waals surface area contributed by atoms with Crippen LogP contribution < -0.4 is 4.74 Å². The van der Waals surface area contributed by atoms with Crippen LogP contribution in [0, 0.1) is 0 Å². The molecule has 0 aromatic heterocycles. The number of carbonyl (C=O) groups excluding carboxylic acids is 1. The van der Waals surface area contributed by atoms with Crippen molar-refractivity contribution in [1.82, 2.24) is 0 Å². The molecule has 0 heterocycles. The second-order valence-electron chi connectivity index (χ2n) is 5.52. The number of hydrogen-bond acceptors (Lipinski definition) is 2. The summed E-state index contributed by atoms with van der Waals surface area (Å²) in [5.41, 5.74) is 0.571. The van der Waals surface area contributed by atoms with Crippen molar-refractivity contribution in [2.45, 2.75) is 65.2 Å². The number of carbonyl (C=O) groups is 1. The summed E-state index contributed by atoms with van der Waals surface area (Å²) < 4.78 is 5.72. The second-order valence-corrected chi connectivity index (χ2v) is 5.96.